The fourth-order valence-corrected chi connectivity index (χ4v) is 10.0. The van der Waals surface area contributed by atoms with Gasteiger partial charge >= 0.3 is 0 Å². The Labute approximate surface area is 325 Å². The summed E-state index contributed by atoms with van der Waals surface area (Å²) in [5.41, 5.74) is 14.5. The molecule has 0 N–H and O–H groups in total. The topological polar surface area (TPSA) is 13.1 Å². The van der Waals surface area contributed by atoms with Crippen molar-refractivity contribution in [2.75, 3.05) is 0 Å². The number of rotatable bonds is 3. The van der Waals surface area contributed by atoms with Crippen molar-refractivity contribution in [2.45, 2.75) is 19.3 Å². The average molecular weight is 713 g/mol. The van der Waals surface area contributed by atoms with Crippen molar-refractivity contribution in [3.8, 4) is 44.5 Å². The van der Waals surface area contributed by atoms with E-state index in [2.05, 4.69) is 196 Å². The standard InChI is InChI=1S/C55H36O/c1-55(2)49-21-10-9-15-40(49)46-28-29-47-48-31-38-30-36(26-27-37(38)32-50(48)56-54(47)53(46)55)33-22-24-35(25-23-33)51-42-16-5-7-18-44(42)52(45-19-8-6-17-43(45)51)41-20-11-13-34-12-3-4-14-39(34)41/h3-32H,1-2H3. The van der Waals surface area contributed by atoms with Crippen LogP contribution in [0.1, 0.15) is 25.0 Å². The van der Waals surface area contributed by atoms with E-state index in [1.807, 2.05) is 0 Å². The van der Waals surface area contributed by atoms with Crippen LogP contribution in [0, 0.1) is 0 Å². The van der Waals surface area contributed by atoms with Crippen LogP contribution in [0.4, 0.5) is 0 Å². The molecule has 0 unspecified atom stereocenters. The van der Waals surface area contributed by atoms with Crippen molar-refractivity contribution in [1.82, 2.24) is 0 Å². The van der Waals surface area contributed by atoms with Crippen molar-refractivity contribution in [3.63, 3.8) is 0 Å². The van der Waals surface area contributed by atoms with Gasteiger partial charge in [-0.15, -0.1) is 0 Å². The van der Waals surface area contributed by atoms with Crippen LogP contribution in [0.25, 0.3) is 110 Å². The van der Waals surface area contributed by atoms with Gasteiger partial charge in [-0.25, -0.2) is 0 Å². The number of fused-ring (bicyclic) bond motifs is 11. The van der Waals surface area contributed by atoms with Crippen LogP contribution < -0.4 is 0 Å². The Morgan fingerprint density at radius 1 is 0.357 bits per heavy atom. The molecule has 262 valence electrons. The second-order valence-corrected chi connectivity index (χ2v) is 16.0. The molecular weight excluding hydrogens is 677 g/mol. The van der Waals surface area contributed by atoms with Crippen LogP contribution in [-0.4, -0.2) is 0 Å². The first-order chi connectivity index (χ1) is 27.5. The van der Waals surface area contributed by atoms with Gasteiger partial charge in [0.05, 0.1) is 0 Å². The summed E-state index contributed by atoms with van der Waals surface area (Å²) >= 11 is 0. The fourth-order valence-electron chi connectivity index (χ4n) is 10.0. The summed E-state index contributed by atoms with van der Waals surface area (Å²) in [6.45, 7) is 4.65. The van der Waals surface area contributed by atoms with Gasteiger partial charge in [-0.1, -0.05) is 172 Å². The summed E-state index contributed by atoms with van der Waals surface area (Å²) in [6, 6.07) is 67.1. The number of hydrogen-bond donors (Lipinski definition) is 0. The molecule has 1 aliphatic carbocycles. The zero-order chi connectivity index (χ0) is 37.1. The molecule has 11 aromatic rings. The van der Waals surface area contributed by atoms with Crippen molar-refractivity contribution < 1.29 is 4.42 Å². The van der Waals surface area contributed by atoms with Gasteiger partial charge in [-0.05, 0) is 117 Å². The van der Waals surface area contributed by atoms with Gasteiger partial charge in [-0.2, -0.15) is 0 Å². The van der Waals surface area contributed by atoms with Gasteiger partial charge in [0.2, 0.25) is 0 Å². The first kappa shape index (κ1) is 31.4. The van der Waals surface area contributed by atoms with E-state index in [9.17, 15) is 0 Å². The normalized spacial score (nSPS) is 13.3. The minimum Gasteiger partial charge on any atom is -0.456 e. The van der Waals surface area contributed by atoms with E-state index < -0.39 is 0 Å². The van der Waals surface area contributed by atoms with E-state index >= 15 is 0 Å². The Hall–Kier alpha value is -6.96. The lowest BCUT2D eigenvalue weighted by Crippen LogP contribution is -2.15. The molecule has 1 aliphatic rings. The van der Waals surface area contributed by atoms with Gasteiger partial charge in [0, 0.05) is 21.8 Å². The van der Waals surface area contributed by atoms with Crippen molar-refractivity contribution in [3.05, 3.63) is 193 Å². The molecule has 1 nitrogen and oxygen atoms in total. The predicted octanol–water partition coefficient (Wildman–Crippen LogP) is 15.5. The lowest BCUT2D eigenvalue weighted by atomic mass is 9.82. The van der Waals surface area contributed by atoms with Crippen LogP contribution >= 0.6 is 0 Å². The summed E-state index contributed by atoms with van der Waals surface area (Å²) in [6.07, 6.45) is 0. The summed E-state index contributed by atoms with van der Waals surface area (Å²) in [5, 5.41) is 12.3. The summed E-state index contributed by atoms with van der Waals surface area (Å²) in [4.78, 5) is 0. The van der Waals surface area contributed by atoms with Gasteiger partial charge in [0.1, 0.15) is 11.2 Å². The van der Waals surface area contributed by atoms with Crippen LogP contribution in [0.5, 0.6) is 0 Å². The largest absolute Gasteiger partial charge is 0.456 e. The Balaban J connectivity index is 0.976. The Kier molecular flexibility index (Phi) is 6.46. The van der Waals surface area contributed by atoms with E-state index in [1.165, 1.54) is 109 Å². The van der Waals surface area contributed by atoms with E-state index in [0.29, 0.717) is 0 Å². The molecule has 0 bridgehead atoms. The van der Waals surface area contributed by atoms with Crippen LogP contribution in [0.2, 0.25) is 0 Å². The molecule has 1 heterocycles. The third-order valence-electron chi connectivity index (χ3n) is 12.6. The molecule has 0 aliphatic heterocycles. The highest BCUT2D eigenvalue weighted by Gasteiger charge is 2.38. The summed E-state index contributed by atoms with van der Waals surface area (Å²) < 4.78 is 6.75. The molecule has 0 fully saturated rings. The molecule has 0 atom stereocenters. The monoisotopic (exact) mass is 712 g/mol. The first-order valence-corrected chi connectivity index (χ1v) is 19.6. The lowest BCUT2D eigenvalue weighted by molar-refractivity contribution is 0.620. The second-order valence-electron chi connectivity index (χ2n) is 16.0. The predicted molar refractivity (Wildman–Crippen MR) is 238 cm³/mol. The number of furan rings is 1. The molecular formula is C55H36O. The van der Waals surface area contributed by atoms with Gasteiger partial charge in [0.15, 0.2) is 0 Å². The summed E-state index contributed by atoms with van der Waals surface area (Å²) in [5.74, 6) is 0. The molecule has 0 spiro atoms. The van der Waals surface area contributed by atoms with Crippen molar-refractivity contribution in [2.24, 2.45) is 0 Å². The van der Waals surface area contributed by atoms with Crippen LogP contribution in [0.3, 0.4) is 0 Å². The van der Waals surface area contributed by atoms with E-state index in [1.54, 1.807) is 0 Å². The van der Waals surface area contributed by atoms with Crippen LogP contribution in [-0.2, 0) is 5.41 Å². The molecule has 12 rings (SSSR count). The quantitative estimate of drug-likeness (QED) is 0.166. The zero-order valence-electron chi connectivity index (χ0n) is 31.2. The minimum atomic E-state index is -0.129. The van der Waals surface area contributed by atoms with Gasteiger partial charge in [0.25, 0.3) is 0 Å². The molecule has 1 aromatic heterocycles. The van der Waals surface area contributed by atoms with Gasteiger partial charge in [-0.3, -0.25) is 0 Å². The molecule has 0 saturated heterocycles. The van der Waals surface area contributed by atoms with Crippen molar-refractivity contribution in [1.29, 1.82) is 0 Å². The third-order valence-corrected chi connectivity index (χ3v) is 12.6. The second kappa shape index (κ2) is 11.5. The maximum Gasteiger partial charge on any atom is 0.140 e. The van der Waals surface area contributed by atoms with Crippen LogP contribution in [0.15, 0.2) is 186 Å². The lowest BCUT2D eigenvalue weighted by Gasteiger charge is -2.21. The Morgan fingerprint density at radius 2 is 0.964 bits per heavy atom. The summed E-state index contributed by atoms with van der Waals surface area (Å²) in [7, 11) is 0. The minimum absolute atomic E-state index is 0.129. The molecule has 56 heavy (non-hydrogen) atoms. The first-order valence-electron chi connectivity index (χ1n) is 19.6. The van der Waals surface area contributed by atoms with Gasteiger partial charge < -0.3 is 4.42 Å². The average Bonchev–Trinajstić information content (AvgIpc) is 3.72. The SMILES string of the molecule is CC1(C)c2ccccc2-c2ccc3c(oc4cc5ccc(-c6ccc(-c7c8ccccc8c(-c8cccc9ccccc89)c8ccccc78)cc6)cc5cc43)c21. The third kappa shape index (κ3) is 4.37. The molecule has 0 saturated carbocycles. The molecule has 10 aromatic carbocycles. The van der Waals surface area contributed by atoms with E-state index in [-0.39, 0.29) is 5.41 Å². The van der Waals surface area contributed by atoms with E-state index in [4.69, 9.17) is 4.42 Å². The smallest absolute Gasteiger partial charge is 0.140 e. The highest BCUT2D eigenvalue weighted by Crippen LogP contribution is 2.53. The maximum atomic E-state index is 6.75. The number of hydrogen-bond acceptors (Lipinski definition) is 1. The Morgan fingerprint density at radius 3 is 1.73 bits per heavy atom. The highest BCUT2D eigenvalue weighted by atomic mass is 16.3. The molecule has 1 heteroatoms. The highest BCUT2D eigenvalue weighted by molar-refractivity contribution is 6.23. The fraction of sp³-hybridized carbons (Fsp3) is 0.0545. The number of benzene rings is 10. The van der Waals surface area contributed by atoms with Crippen molar-refractivity contribution >= 4 is 65.0 Å². The molecule has 0 radical (unpaired) electrons. The van der Waals surface area contributed by atoms with E-state index in [0.717, 1.165) is 11.2 Å². The maximum absolute atomic E-state index is 6.75. The zero-order valence-corrected chi connectivity index (χ0v) is 31.2. The Bertz CT molecular complexity index is 3370. The molecule has 0 amide bonds.